The fraction of sp³-hybridized carbons (Fsp3) is 0.462. The highest BCUT2D eigenvalue weighted by atomic mass is 19.2. The molecule has 3 fully saturated rings. The van der Waals surface area contributed by atoms with Crippen LogP contribution in [0.25, 0.3) is 0 Å². The molecule has 0 bridgehead atoms. The van der Waals surface area contributed by atoms with E-state index in [1.54, 1.807) is 6.92 Å². The molecule has 9 nitrogen and oxygen atoms in total. The van der Waals surface area contributed by atoms with Gasteiger partial charge in [0.15, 0.2) is 28.8 Å². The number of nitrogens with zero attached hydrogens (tertiary/aromatic N) is 1. The molecule has 0 radical (unpaired) electrons. The Labute approximate surface area is 220 Å². The van der Waals surface area contributed by atoms with Gasteiger partial charge in [0.2, 0.25) is 5.91 Å². The van der Waals surface area contributed by atoms with Gasteiger partial charge in [0, 0.05) is 31.2 Å². The molecule has 2 aliphatic heterocycles. The van der Waals surface area contributed by atoms with Crippen LogP contribution in [0.3, 0.4) is 0 Å². The zero-order valence-electron chi connectivity index (χ0n) is 21.1. The minimum absolute atomic E-state index is 0.0373. The number of carbonyl (C=O) groups is 4. The molecule has 3 N–H and O–H groups in total. The van der Waals surface area contributed by atoms with Crippen molar-refractivity contribution in [2.75, 3.05) is 13.6 Å². The number of alkyl carbamates (subject to hydrolysis) is 1. The molecule has 13 heteroatoms. The lowest BCUT2D eigenvalue weighted by molar-refractivity contribution is -0.135. The van der Waals surface area contributed by atoms with E-state index in [2.05, 4.69) is 16.0 Å². The second-order valence-electron chi connectivity index (χ2n) is 10.3. The van der Waals surface area contributed by atoms with E-state index in [-0.39, 0.29) is 42.3 Å². The number of likely N-dealkylation sites (tertiary alicyclic amines) is 1. The molecular formula is C26H26F4N4O5. The summed E-state index contributed by atoms with van der Waals surface area (Å²) in [6, 6.07) is -0.0970. The number of rotatable bonds is 4. The molecule has 4 amide bonds. The molecule has 1 aromatic rings. The molecule has 5 atom stereocenters. The third-order valence-electron chi connectivity index (χ3n) is 8.01. The number of hydrogen-bond donors (Lipinski definition) is 3. The first-order chi connectivity index (χ1) is 18.5. The minimum Gasteiger partial charge on any atom is -0.436 e. The summed E-state index contributed by atoms with van der Waals surface area (Å²) in [5.74, 6) is -8.30. The quantitative estimate of drug-likeness (QED) is 0.393. The molecule has 39 heavy (non-hydrogen) atoms. The van der Waals surface area contributed by atoms with Crippen LogP contribution in [0, 0.1) is 29.3 Å². The second-order valence-corrected chi connectivity index (χ2v) is 10.3. The molecule has 0 aromatic heterocycles. The number of Topliss-reactive ketones (excluding diaryl/α,β-unsaturated/α-hetero) is 1. The third kappa shape index (κ3) is 4.43. The summed E-state index contributed by atoms with van der Waals surface area (Å²) < 4.78 is 62.4. The molecule has 2 saturated heterocycles. The summed E-state index contributed by atoms with van der Waals surface area (Å²) in [6.45, 7) is 1.66. The van der Waals surface area contributed by atoms with Crippen LogP contribution in [-0.2, 0) is 14.3 Å². The molecule has 2 aliphatic carbocycles. The van der Waals surface area contributed by atoms with E-state index in [0.29, 0.717) is 12.8 Å². The predicted octanol–water partition coefficient (Wildman–Crippen LogP) is 3.28. The van der Waals surface area contributed by atoms with Gasteiger partial charge in [-0.15, -0.1) is 0 Å². The van der Waals surface area contributed by atoms with Crippen LogP contribution in [0.15, 0.2) is 35.3 Å². The lowest BCUT2D eigenvalue weighted by atomic mass is 9.81. The summed E-state index contributed by atoms with van der Waals surface area (Å²) in [4.78, 5) is 52.4. The van der Waals surface area contributed by atoms with Gasteiger partial charge in [0.05, 0.1) is 24.2 Å². The molecule has 2 unspecified atom stereocenters. The van der Waals surface area contributed by atoms with Gasteiger partial charge in [0.1, 0.15) is 5.83 Å². The second kappa shape index (κ2) is 9.69. The van der Waals surface area contributed by atoms with Crippen molar-refractivity contribution in [3.8, 4) is 0 Å². The standard InChI is InChI=1S/C26H26F4N4O5/c1-11-3-4-18(12-5-15(28)22(30)16(29)6-12)34(11)19(35)7-13-9-26(10-32-25(38)39-26)21-14(27)8-17(23(36)20(13)21)33-24(37)31-2/h5-6,8,11,13,18,20H,3-4,7,9-10H2,1-2H3,(H,32,38)(H2,31,33,37)/t11-,13?,18-,20?,26+/m0/s1. The first kappa shape index (κ1) is 26.7. The van der Waals surface area contributed by atoms with Crippen molar-refractivity contribution in [2.45, 2.75) is 50.3 Å². The van der Waals surface area contributed by atoms with Crippen molar-refractivity contribution >= 4 is 23.8 Å². The largest absolute Gasteiger partial charge is 0.436 e. The number of halogens is 4. The van der Waals surface area contributed by atoms with Gasteiger partial charge in [-0.25, -0.2) is 27.2 Å². The minimum atomic E-state index is -1.61. The number of ether oxygens (including phenoxy) is 1. The Morgan fingerprint density at radius 1 is 1.15 bits per heavy atom. The van der Waals surface area contributed by atoms with Crippen LogP contribution in [0.4, 0.5) is 27.2 Å². The van der Waals surface area contributed by atoms with E-state index < -0.39 is 70.6 Å². The van der Waals surface area contributed by atoms with Crippen molar-refractivity contribution in [1.82, 2.24) is 20.9 Å². The summed E-state index contributed by atoms with van der Waals surface area (Å²) >= 11 is 0. The Kier molecular flexibility index (Phi) is 6.63. The number of allylic oxidation sites excluding steroid dienone is 3. The Hall–Kier alpha value is -3.90. The monoisotopic (exact) mass is 550 g/mol. The highest BCUT2D eigenvalue weighted by molar-refractivity contribution is 6.04. The van der Waals surface area contributed by atoms with E-state index in [1.165, 1.54) is 11.9 Å². The lowest BCUT2D eigenvalue weighted by Gasteiger charge is -2.31. The average Bonchev–Trinajstić information content (AvgIpc) is 3.55. The normalized spacial score (nSPS) is 29.8. The number of fused-ring (bicyclic) bond motifs is 2. The Bertz CT molecular complexity index is 1320. The smallest absolute Gasteiger partial charge is 0.408 e. The number of nitrogens with one attached hydrogen (secondary N) is 3. The first-order valence-corrected chi connectivity index (χ1v) is 12.5. The maximum Gasteiger partial charge on any atom is 0.408 e. The maximum absolute atomic E-state index is 15.5. The van der Waals surface area contributed by atoms with Crippen LogP contribution in [0.5, 0.6) is 0 Å². The van der Waals surface area contributed by atoms with Crippen LogP contribution in [0.2, 0.25) is 0 Å². The number of carbonyl (C=O) groups excluding carboxylic acids is 4. The fourth-order valence-electron chi connectivity index (χ4n) is 6.35. The van der Waals surface area contributed by atoms with Crippen LogP contribution in [0.1, 0.15) is 44.2 Å². The molecule has 208 valence electrons. The van der Waals surface area contributed by atoms with Crippen LogP contribution < -0.4 is 16.0 Å². The predicted molar refractivity (Wildman–Crippen MR) is 127 cm³/mol. The van der Waals surface area contributed by atoms with E-state index in [1.807, 2.05) is 0 Å². The Balaban J connectivity index is 1.46. The molecule has 1 saturated carbocycles. The van der Waals surface area contributed by atoms with Gasteiger partial charge in [0.25, 0.3) is 0 Å². The van der Waals surface area contributed by atoms with Gasteiger partial charge < -0.3 is 25.6 Å². The topological polar surface area (TPSA) is 117 Å². The highest BCUT2D eigenvalue weighted by Gasteiger charge is 2.60. The molecular weight excluding hydrogens is 524 g/mol. The molecule has 5 rings (SSSR count). The summed E-state index contributed by atoms with van der Waals surface area (Å²) in [5.41, 5.74) is -1.76. The third-order valence-corrected chi connectivity index (χ3v) is 8.01. The zero-order chi connectivity index (χ0) is 28.2. The van der Waals surface area contributed by atoms with Crippen molar-refractivity contribution in [3.05, 3.63) is 58.3 Å². The number of ketones is 1. The van der Waals surface area contributed by atoms with Gasteiger partial charge >= 0.3 is 12.1 Å². The van der Waals surface area contributed by atoms with Gasteiger partial charge in [-0.3, -0.25) is 9.59 Å². The van der Waals surface area contributed by atoms with E-state index in [4.69, 9.17) is 4.74 Å². The van der Waals surface area contributed by atoms with Gasteiger partial charge in [-0.2, -0.15) is 0 Å². The SMILES string of the molecule is CNC(=O)NC1=CC(F)=C2C(C1=O)C(CC(=O)N1[C@@H](C)CC[C@H]1c1cc(F)c(F)c(F)c1)C[C@@]21CNC(=O)O1. The van der Waals surface area contributed by atoms with Crippen molar-refractivity contribution in [3.63, 3.8) is 0 Å². The number of urea groups is 1. The van der Waals surface area contributed by atoms with Crippen LogP contribution in [-0.4, -0.2) is 54.0 Å². The van der Waals surface area contributed by atoms with E-state index in [9.17, 15) is 32.3 Å². The maximum atomic E-state index is 15.5. The molecule has 1 spiro atoms. The zero-order valence-corrected chi connectivity index (χ0v) is 21.1. The number of amides is 4. The lowest BCUT2D eigenvalue weighted by Crippen LogP contribution is -2.41. The Morgan fingerprint density at radius 2 is 1.85 bits per heavy atom. The molecule has 4 aliphatic rings. The fourth-order valence-corrected chi connectivity index (χ4v) is 6.35. The Morgan fingerprint density at radius 3 is 2.46 bits per heavy atom. The van der Waals surface area contributed by atoms with Gasteiger partial charge in [-0.1, -0.05) is 0 Å². The van der Waals surface area contributed by atoms with Crippen molar-refractivity contribution < 1.29 is 41.5 Å². The molecule has 1 aromatic carbocycles. The van der Waals surface area contributed by atoms with Crippen LogP contribution >= 0.6 is 0 Å². The summed E-state index contributed by atoms with van der Waals surface area (Å²) in [7, 11) is 1.32. The number of benzene rings is 1. The van der Waals surface area contributed by atoms with E-state index >= 15 is 4.39 Å². The van der Waals surface area contributed by atoms with Crippen molar-refractivity contribution in [2.24, 2.45) is 11.8 Å². The average molecular weight is 551 g/mol. The highest BCUT2D eigenvalue weighted by Crippen LogP contribution is 2.53. The first-order valence-electron chi connectivity index (χ1n) is 12.5. The molecule has 2 heterocycles. The van der Waals surface area contributed by atoms with Crippen molar-refractivity contribution in [1.29, 1.82) is 0 Å². The summed E-state index contributed by atoms with van der Waals surface area (Å²) in [6.07, 6.45) is 0.659. The van der Waals surface area contributed by atoms with E-state index in [0.717, 1.165) is 18.2 Å². The summed E-state index contributed by atoms with van der Waals surface area (Å²) in [5, 5.41) is 7.06. The van der Waals surface area contributed by atoms with Gasteiger partial charge in [-0.05, 0) is 49.8 Å². The number of hydrogen-bond acceptors (Lipinski definition) is 5.